The van der Waals surface area contributed by atoms with Crippen LogP contribution in [0.5, 0.6) is 0 Å². The first kappa shape index (κ1) is 17.4. The van der Waals surface area contributed by atoms with Crippen molar-refractivity contribution in [1.29, 1.82) is 0 Å². The predicted molar refractivity (Wildman–Crippen MR) is 85.9 cm³/mol. The van der Waals surface area contributed by atoms with Gasteiger partial charge in [-0.05, 0) is 12.1 Å². The molecule has 0 radical (unpaired) electrons. The van der Waals surface area contributed by atoms with Gasteiger partial charge in [0.15, 0.2) is 5.82 Å². The summed E-state index contributed by atoms with van der Waals surface area (Å²) in [6.45, 7) is 2.48. The summed E-state index contributed by atoms with van der Waals surface area (Å²) in [4.78, 5) is 14.1. The van der Waals surface area contributed by atoms with E-state index in [2.05, 4.69) is 27.0 Å². The molecule has 1 aliphatic rings. The summed E-state index contributed by atoms with van der Waals surface area (Å²) in [5.74, 6) is -1.54. The number of hydrazine groups is 3. The lowest BCUT2D eigenvalue weighted by Gasteiger charge is -2.24. The van der Waals surface area contributed by atoms with Gasteiger partial charge in [0.25, 0.3) is 5.91 Å². The second kappa shape index (κ2) is 7.23. The second-order valence-corrected chi connectivity index (χ2v) is 5.95. The molecule has 1 aromatic carbocycles. The Morgan fingerprint density at radius 1 is 1.36 bits per heavy atom. The molecular formula is C15H19F2N7O. The fourth-order valence-corrected chi connectivity index (χ4v) is 2.62. The maximum absolute atomic E-state index is 13.8. The standard InChI is InChI=1S/C15H19F2N7O/c1-9(14-19-21-22-20-14)7-23(2)15(25)10-6-18-24(8-10)13-4-3-11(16)5-12(13)17/h3-6,8-9,14,19-22H,7H2,1-2H3. The number of aromatic nitrogens is 2. The Bertz CT molecular complexity index is 760. The minimum absolute atomic E-state index is 0.0358. The quantitative estimate of drug-likeness (QED) is 0.620. The van der Waals surface area contributed by atoms with E-state index < -0.39 is 11.6 Å². The van der Waals surface area contributed by atoms with E-state index in [1.165, 1.54) is 23.1 Å². The van der Waals surface area contributed by atoms with E-state index >= 15 is 0 Å². The van der Waals surface area contributed by atoms with Crippen LogP contribution in [-0.2, 0) is 0 Å². The predicted octanol–water partition coefficient (Wildman–Crippen LogP) is 0.302. The van der Waals surface area contributed by atoms with E-state index in [-0.39, 0.29) is 23.7 Å². The van der Waals surface area contributed by atoms with Crippen LogP contribution < -0.4 is 21.9 Å². The van der Waals surface area contributed by atoms with E-state index in [0.29, 0.717) is 12.1 Å². The molecule has 1 aliphatic heterocycles. The van der Waals surface area contributed by atoms with Crippen LogP contribution in [0.25, 0.3) is 5.69 Å². The fourth-order valence-electron chi connectivity index (χ4n) is 2.62. The van der Waals surface area contributed by atoms with E-state index in [9.17, 15) is 13.6 Å². The van der Waals surface area contributed by atoms with Crippen molar-refractivity contribution in [2.75, 3.05) is 13.6 Å². The maximum Gasteiger partial charge on any atom is 0.256 e. The largest absolute Gasteiger partial charge is 0.341 e. The molecule has 0 spiro atoms. The molecule has 1 atom stereocenters. The van der Waals surface area contributed by atoms with Gasteiger partial charge in [-0.2, -0.15) is 16.2 Å². The highest BCUT2D eigenvalue weighted by Gasteiger charge is 2.24. The Labute approximate surface area is 143 Å². The van der Waals surface area contributed by atoms with Gasteiger partial charge >= 0.3 is 0 Å². The zero-order valence-electron chi connectivity index (χ0n) is 13.8. The van der Waals surface area contributed by atoms with Crippen LogP contribution in [0, 0.1) is 17.6 Å². The van der Waals surface area contributed by atoms with Gasteiger partial charge in [-0.1, -0.05) is 6.92 Å². The first-order valence-corrected chi connectivity index (χ1v) is 7.72. The fraction of sp³-hybridized carbons (Fsp3) is 0.333. The van der Waals surface area contributed by atoms with Crippen LogP contribution >= 0.6 is 0 Å². The summed E-state index contributed by atoms with van der Waals surface area (Å²) in [7, 11) is 1.68. The van der Waals surface area contributed by atoms with Gasteiger partial charge in [0.05, 0.1) is 17.9 Å². The van der Waals surface area contributed by atoms with Crippen LogP contribution in [0.15, 0.2) is 30.6 Å². The van der Waals surface area contributed by atoms with Gasteiger partial charge in [0.2, 0.25) is 0 Å². The molecule has 25 heavy (non-hydrogen) atoms. The summed E-state index contributed by atoms with van der Waals surface area (Å²) in [6.07, 6.45) is 2.75. The van der Waals surface area contributed by atoms with Crippen LogP contribution in [-0.4, -0.2) is 40.3 Å². The number of carbonyl (C=O) groups excluding carboxylic acids is 1. The van der Waals surface area contributed by atoms with Crippen molar-refractivity contribution >= 4 is 5.91 Å². The minimum Gasteiger partial charge on any atom is -0.341 e. The molecule has 1 fully saturated rings. The lowest BCUT2D eigenvalue weighted by molar-refractivity contribution is 0.0764. The summed E-state index contributed by atoms with van der Waals surface area (Å²) in [5.41, 5.74) is 11.8. The molecule has 8 nitrogen and oxygen atoms in total. The summed E-state index contributed by atoms with van der Waals surface area (Å²) < 4.78 is 28.0. The second-order valence-electron chi connectivity index (χ2n) is 5.95. The Morgan fingerprint density at radius 2 is 2.08 bits per heavy atom. The molecule has 2 heterocycles. The molecule has 0 bridgehead atoms. The molecule has 0 aliphatic carbocycles. The first-order valence-electron chi connectivity index (χ1n) is 7.72. The molecular weight excluding hydrogens is 332 g/mol. The third-order valence-electron chi connectivity index (χ3n) is 3.98. The number of nitrogens with one attached hydrogen (secondary N) is 4. The van der Waals surface area contributed by atoms with Crippen molar-refractivity contribution < 1.29 is 13.6 Å². The highest BCUT2D eigenvalue weighted by molar-refractivity contribution is 5.93. The average molecular weight is 351 g/mol. The smallest absolute Gasteiger partial charge is 0.256 e. The number of nitrogens with zero attached hydrogens (tertiary/aromatic N) is 3. The number of amides is 1. The molecule has 1 amide bonds. The summed E-state index contributed by atoms with van der Waals surface area (Å²) in [6, 6.07) is 3.18. The van der Waals surface area contributed by atoms with Crippen molar-refractivity contribution in [2.45, 2.75) is 13.1 Å². The van der Waals surface area contributed by atoms with Crippen LogP contribution in [0.4, 0.5) is 8.78 Å². The van der Waals surface area contributed by atoms with Crippen LogP contribution in [0.1, 0.15) is 17.3 Å². The monoisotopic (exact) mass is 351 g/mol. The van der Waals surface area contributed by atoms with Gasteiger partial charge in [-0.15, -0.1) is 0 Å². The number of rotatable bonds is 5. The van der Waals surface area contributed by atoms with E-state index in [1.54, 1.807) is 11.9 Å². The zero-order valence-corrected chi connectivity index (χ0v) is 13.8. The lowest BCUT2D eigenvalue weighted by Crippen LogP contribution is -2.45. The van der Waals surface area contributed by atoms with E-state index in [0.717, 1.165) is 12.1 Å². The third-order valence-corrected chi connectivity index (χ3v) is 3.98. The Balaban J connectivity index is 1.69. The molecule has 3 rings (SSSR count). The molecule has 1 unspecified atom stereocenters. The van der Waals surface area contributed by atoms with Gasteiger partial charge < -0.3 is 4.90 Å². The van der Waals surface area contributed by atoms with E-state index in [1.807, 2.05) is 6.92 Å². The van der Waals surface area contributed by atoms with Crippen molar-refractivity contribution in [3.05, 3.63) is 47.8 Å². The first-order chi connectivity index (χ1) is 12.0. The van der Waals surface area contributed by atoms with Crippen molar-refractivity contribution in [1.82, 2.24) is 36.6 Å². The van der Waals surface area contributed by atoms with Crippen molar-refractivity contribution in [3.8, 4) is 5.69 Å². The summed E-state index contributed by atoms with van der Waals surface area (Å²) in [5, 5.41) is 4.00. The van der Waals surface area contributed by atoms with Gasteiger partial charge in [-0.25, -0.2) is 24.3 Å². The third kappa shape index (κ3) is 3.82. The van der Waals surface area contributed by atoms with Crippen LogP contribution in [0.3, 0.4) is 0 Å². The number of halogens is 2. The lowest BCUT2D eigenvalue weighted by atomic mass is 10.1. The highest BCUT2D eigenvalue weighted by Crippen LogP contribution is 2.15. The number of hydrogen-bond acceptors (Lipinski definition) is 6. The Morgan fingerprint density at radius 3 is 2.76 bits per heavy atom. The summed E-state index contributed by atoms with van der Waals surface area (Å²) >= 11 is 0. The Hall–Kier alpha value is -2.40. The molecule has 1 saturated heterocycles. The molecule has 134 valence electrons. The molecule has 4 N–H and O–H groups in total. The van der Waals surface area contributed by atoms with Crippen molar-refractivity contribution in [2.24, 2.45) is 5.92 Å². The molecule has 10 heteroatoms. The Kier molecular flexibility index (Phi) is 5.04. The van der Waals surface area contributed by atoms with Gasteiger partial charge in [0, 0.05) is 31.8 Å². The number of benzene rings is 1. The normalized spacial score (nSPS) is 16.2. The SMILES string of the molecule is CC(CN(C)C(=O)c1cnn(-c2ccc(F)cc2F)c1)C1NNNN1. The van der Waals surface area contributed by atoms with Gasteiger partial charge in [0.1, 0.15) is 11.5 Å². The molecule has 0 saturated carbocycles. The van der Waals surface area contributed by atoms with E-state index in [4.69, 9.17) is 0 Å². The molecule has 1 aromatic heterocycles. The van der Waals surface area contributed by atoms with Gasteiger partial charge in [-0.3, -0.25) is 4.79 Å². The minimum atomic E-state index is -0.748. The maximum atomic E-state index is 13.8. The van der Waals surface area contributed by atoms with Crippen LogP contribution in [0.2, 0.25) is 0 Å². The average Bonchev–Trinajstić information content (AvgIpc) is 3.26. The number of hydrogen-bond donors (Lipinski definition) is 4. The molecule has 2 aromatic rings. The van der Waals surface area contributed by atoms with Crippen molar-refractivity contribution in [3.63, 3.8) is 0 Å². The topological polar surface area (TPSA) is 86.2 Å². The highest BCUT2D eigenvalue weighted by atomic mass is 19.1. The number of carbonyl (C=O) groups is 1. The zero-order chi connectivity index (χ0) is 18.0.